The lowest BCUT2D eigenvalue weighted by Crippen LogP contribution is -2.42. The second-order valence-corrected chi connectivity index (χ2v) is 9.96. The molecule has 1 aromatic rings. The highest BCUT2D eigenvalue weighted by molar-refractivity contribution is 7.89. The van der Waals surface area contributed by atoms with Gasteiger partial charge in [-0.15, -0.1) is 0 Å². The van der Waals surface area contributed by atoms with Crippen LogP contribution in [-0.4, -0.2) is 50.8 Å². The fourth-order valence-corrected chi connectivity index (χ4v) is 5.35. The summed E-state index contributed by atoms with van der Waals surface area (Å²) >= 11 is 6.18. The molecule has 2 rings (SSSR count). The van der Waals surface area contributed by atoms with Crippen molar-refractivity contribution in [2.75, 3.05) is 20.2 Å². The van der Waals surface area contributed by atoms with Crippen molar-refractivity contribution in [3.05, 3.63) is 28.8 Å². The Kier molecular flexibility index (Phi) is 8.48. The predicted octanol–water partition coefficient (Wildman–Crippen LogP) is 3.22. The topological polar surface area (TPSA) is 92.8 Å². The molecule has 1 fully saturated rings. The van der Waals surface area contributed by atoms with Gasteiger partial charge in [0.05, 0.1) is 12.1 Å². The number of methoxy groups -OCH3 is 1. The van der Waals surface area contributed by atoms with E-state index in [1.807, 2.05) is 13.8 Å². The average Bonchev–Trinajstić information content (AvgIpc) is 2.96. The number of nitrogens with one attached hydrogen (secondary N) is 1. The quantitative estimate of drug-likeness (QED) is 0.652. The summed E-state index contributed by atoms with van der Waals surface area (Å²) in [5.41, 5.74) is 0.125. The Morgan fingerprint density at radius 3 is 2.34 bits per heavy atom. The van der Waals surface area contributed by atoms with Crippen molar-refractivity contribution in [3.8, 4) is 0 Å². The SMILES string of the molecule is COC(=O)[C@H](CC(C)C)NC(=O)c1ccc(Cl)c(S(=O)(=O)N2CCCCCC2)c1. The molecule has 1 amide bonds. The Morgan fingerprint density at radius 1 is 1.17 bits per heavy atom. The monoisotopic (exact) mass is 444 g/mol. The fraction of sp³-hybridized carbons (Fsp3) is 0.600. The molecule has 0 radical (unpaired) electrons. The van der Waals surface area contributed by atoms with Crippen LogP contribution in [0, 0.1) is 5.92 Å². The molecule has 1 heterocycles. The van der Waals surface area contributed by atoms with Gasteiger partial charge in [-0.05, 0) is 43.4 Å². The van der Waals surface area contributed by atoms with Crippen LogP contribution < -0.4 is 5.32 Å². The number of halogens is 1. The van der Waals surface area contributed by atoms with Crippen LogP contribution in [0.2, 0.25) is 5.02 Å². The second kappa shape index (κ2) is 10.4. The van der Waals surface area contributed by atoms with Crippen LogP contribution in [0.1, 0.15) is 56.3 Å². The maximum absolute atomic E-state index is 13.1. The molecule has 0 spiro atoms. The molecule has 1 aromatic carbocycles. The van der Waals surface area contributed by atoms with Crippen LogP contribution >= 0.6 is 11.6 Å². The van der Waals surface area contributed by atoms with Gasteiger partial charge in [0.1, 0.15) is 10.9 Å². The molecular weight excluding hydrogens is 416 g/mol. The number of carbonyl (C=O) groups excluding carboxylic acids is 2. The Morgan fingerprint density at radius 2 is 1.79 bits per heavy atom. The number of hydrogen-bond donors (Lipinski definition) is 1. The number of nitrogens with zero attached hydrogens (tertiary/aromatic N) is 1. The summed E-state index contributed by atoms with van der Waals surface area (Å²) in [4.78, 5) is 24.6. The van der Waals surface area contributed by atoms with E-state index >= 15 is 0 Å². The third-order valence-corrected chi connectivity index (χ3v) is 7.25. The first-order valence-corrected chi connectivity index (χ1v) is 11.7. The number of hydrogen-bond acceptors (Lipinski definition) is 5. The van der Waals surface area contributed by atoms with Gasteiger partial charge in [0, 0.05) is 18.7 Å². The summed E-state index contributed by atoms with van der Waals surface area (Å²) in [6.07, 6.45) is 3.99. The lowest BCUT2D eigenvalue weighted by atomic mass is 10.0. The number of sulfonamides is 1. The van der Waals surface area contributed by atoms with E-state index in [4.69, 9.17) is 16.3 Å². The first-order chi connectivity index (χ1) is 13.7. The zero-order valence-corrected chi connectivity index (χ0v) is 18.7. The largest absolute Gasteiger partial charge is 0.467 e. The van der Waals surface area contributed by atoms with Crippen molar-refractivity contribution in [2.24, 2.45) is 5.92 Å². The number of benzene rings is 1. The molecule has 0 aromatic heterocycles. The zero-order valence-electron chi connectivity index (χ0n) is 17.1. The smallest absolute Gasteiger partial charge is 0.328 e. The van der Waals surface area contributed by atoms with E-state index < -0.39 is 27.9 Å². The van der Waals surface area contributed by atoms with Crippen molar-refractivity contribution < 1.29 is 22.7 Å². The van der Waals surface area contributed by atoms with E-state index in [1.165, 1.54) is 29.6 Å². The first kappa shape index (κ1) is 23.6. The second-order valence-electron chi connectivity index (χ2n) is 7.64. The van der Waals surface area contributed by atoms with E-state index in [9.17, 15) is 18.0 Å². The third-order valence-electron chi connectivity index (χ3n) is 4.87. The molecule has 0 bridgehead atoms. The van der Waals surface area contributed by atoms with E-state index in [0.717, 1.165) is 25.7 Å². The zero-order chi connectivity index (χ0) is 21.6. The van der Waals surface area contributed by atoms with Crippen molar-refractivity contribution in [1.29, 1.82) is 0 Å². The minimum Gasteiger partial charge on any atom is -0.467 e. The minimum atomic E-state index is -3.81. The molecule has 1 atom stereocenters. The molecule has 7 nitrogen and oxygen atoms in total. The van der Waals surface area contributed by atoms with Gasteiger partial charge in [-0.2, -0.15) is 4.31 Å². The van der Waals surface area contributed by atoms with Crippen molar-refractivity contribution >= 4 is 33.5 Å². The van der Waals surface area contributed by atoms with Gasteiger partial charge in [0.2, 0.25) is 10.0 Å². The first-order valence-electron chi connectivity index (χ1n) is 9.85. The Bertz CT molecular complexity index is 833. The highest BCUT2D eigenvalue weighted by atomic mass is 35.5. The molecule has 9 heteroatoms. The third kappa shape index (κ3) is 6.17. The van der Waals surface area contributed by atoms with Crippen LogP contribution in [-0.2, 0) is 19.6 Å². The predicted molar refractivity (Wildman–Crippen MR) is 111 cm³/mol. The maximum Gasteiger partial charge on any atom is 0.328 e. The molecule has 1 aliphatic rings. The lowest BCUT2D eigenvalue weighted by molar-refractivity contribution is -0.143. The highest BCUT2D eigenvalue weighted by Crippen LogP contribution is 2.27. The maximum atomic E-state index is 13.1. The number of esters is 1. The summed E-state index contributed by atoms with van der Waals surface area (Å²) < 4.78 is 32.4. The molecule has 1 N–H and O–H groups in total. The molecule has 0 aliphatic carbocycles. The molecule has 1 saturated heterocycles. The van der Waals surface area contributed by atoms with Gasteiger partial charge in [0.15, 0.2) is 0 Å². The Labute approximate surface area is 177 Å². The lowest BCUT2D eigenvalue weighted by Gasteiger charge is -2.21. The molecule has 1 aliphatic heterocycles. The summed E-state index contributed by atoms with van der Waals surface area (Å²) in [5.74, 6) is -0.938. The van der Waals surface area contributed by atoms with E-state index in [2.05, 4.69) is 5.32 Å². The van der Waals surface area contributed by atoms with Crippen LogP contribution in [0.5, 0.6) is 0 Å². The van der Waals surface area contributed by atoms with Crippen LogP contribution in [0.3, 0.4) is 0 Å². The molecular formula is C20H29ClN2O5S. The number of amides is 1. The fourth-order valence-electron chi connectivity index (χ4n) is 3.33. The summed E-state index contributed by atoms with van der Waals surface area (Å²) in [7, 11) is -2.55. The average molecular weight is 445 g/mol. The van der Waals surface area contributed by atoms with Gasteiger partial charge in [-0.25, -0.2) is 13.2 Å². The summed E-state index contributed by atoms with van der Waals surface area (Å²) in [5, 5.41) is 2.71. The molecule has 0 unspecified atom stereocenters. The van der Waals surface area contributed by atoms with Crippen molar-refractivity contribution in [1.82, 2.24) is 9.62 Å². The van der Waals surface area contributed by atoms with E-state index in [1.54, 1.807) is 0 Å². The molecule has 162 valence electrons. The molecule has 29 heavy (non-hydrogen) atoms. The summed E-state index contributed by atoms with van der Waals surface area (Å²) in [6, 6.07) is 3.31. The normalized spacial score (nSPS) is 16.9. The van der Waals surface area contributed by atoms with E-state index in [0.29, 0.717) is 19.5 Å². The highest BCUT2D eigenvalue weighted by Gasteiger charge is 2.29. The van der Waals surface area contributed by atoms with E-state index in [-0.39, 0.29) is 21.4 Å². The van der Waals surface area contributed by atoms with Crippen LogP contribution in [0.15, 0.2) is 23.1 Å². The standard InChI is InChI=1S/C20H29ClN2O5S/c1-14(2)12-17(20(25)28-3)22-19(24)15-8-9-16(21)18(13-15)29(26,27)23-10-6-4-5-7-11-23/h8-9,13-14,17H,4-7,10-12H2,1-3H3,(H,22,24)/t17-/m0/s1. The summed E-state index contributed by atoms with van der Waals surface area (Å²) in [6.45, 7) is 4.73. The van der Waals surface area contributed by atoms with Crippen LogP contribution in [0.25, 0.3) is 0 Å². The number of ether oxygens (including phenoxy) is 1. The van der Waals surface area contributed by atoms with Gasteiger partial charge in [-0.1, -0.05) is 38.3 Å². The number of rotatable bonds is 7. The van der Waals surface area contributed by atoms with Gasteiger partial charge < -0.3 is 10.1 Å². The van der Waals surface area contributed by atoms with Gasteiger partial charge >= 0.3 is 5.97 Å². The van der Waals surface area contributed by atoms with Gasteiger partial charge in [-0.3, -0.25) is 4.79 Å². The minimum absolute atomic E-state index is 0.0671. The van der Waals surface area contributed by atoms with Crippen LogP contribution in [0.4, 0.5) is 0 Å². The van der Waals surface area contributed by atoms with Gasteiger partial charge in [0.25, 0.3) is 5.91 Å². The molecule has 0 saturated carbocycles. The van der Waals surface area contributed by atoms with Crippen molar-refractivity contribution in [3.63, 3.8) is 0 Å². The van der Waals surface area contributed by atoms with Crippen molar-refractivity contribution in [2.45, 2.75) is 56.9 Å². The Balaban J connectivity index is 2.29. The Hall–Kier alpha value is -1.64. The number of carbonyl (C=O) groups is 2.